The Morgan fingerprint density at radius 2 is 2.37 bits per heavy atom. The Morgan fingerprint density at radius 3 is 2.95 bits per heavy atom. The number of hydrogen-bond acceptors (Lipinski definition) is 5. The van der Waals surface area contributed by atoms with Crippen molar-refractivity contribution in [1.82, 2.24) is 9.97 Å². The summed E-state index contributed by atoms with van der Waals surface area (Å²) in [6, 6.07) is 3.44. The number of rotatable bonds is 5. The molecular weight excluding hydrogens is 264 g/mol. The maximum absolute atomic E-state index is 10.4. The zero-order valence-corrected chi connectivity index (χ0v) is 11.1. The van der Waals surface area contributed by atoms with E-state index in [4.69, 9.17) is 9.84 Å². The molecule has 0 radical (unpaired) electrons. The summed E-state index contributed by atoms with van der Waals surface area (Å²) in [7, 11) is 0. The molecule has 0 aromatic carbocycles. The van der Waals surface area contributed by atoms with Gasteiger partial charge in [0.1, 0.15) is 12.4 Å². The van der Waals surface area contributed by atoms with Gasteiger partial charge in [0.25, 0.3) is 0 Å². The molecule has 5 nitrogen and oxygen atoms in total. The molecular formula is C13H12N2O3S. The van der Waals surface area contributed by atoms with Crippen LogP contribution in [0, 0.1) is 6.92 Å². The molecule has 0 atom stereocenters. The van der Waals surface area contributed by atoms with Crippen molar-refractivity contribution in [1.29, 1.82) is 0 Å². The summed E-state index contributed by atoms with van der Waals surface area (Å²) in [5, 5.41) is 11.5. The maximum atomic E-state index is 10.4. The van der Waals surface area contributed by atoms with Crippen LogP contribution in [0.1, 0.15) is 16.4 Å². The number of aromatic nitrogens is 2. The molecule has 2 rings (SSSR count). The van der Waals surface area contributed by atoms with Crippen LogP contribution in [0.4, 0.5) is 0 Å². The third-order valence-electron chi connectivity index (χ3n) is 2.21. The van der Waals surface area contributed by atoms with Crippen LogP contribution in [0.15, 0.2) is 29.8 Å². The molecule has 0 aliphatic rings. The SMILES string of the molecule is Cc1nc(COc2ccc(C=CC(=O)O)nc2)cs1. The first-order chi connectivity index (χ1) is 9.13. The van der Waals surface area contributed by atoms with E-state index in [1.165, 1.54) is 6.08 Å². The van der Waals surface area contributed by atoms with Gasteiger partial charge in [0.2, 0.25) is 0 Å². The molecule has 0 aliphatic carbocycles. The molecule has 0 fully saturated rings. The second kappa shape index (κ2) is 6.10. The van der Waals surface area contributed by atoms with Gasteiger partial charge >= 0.3 is 5.97 Å². The van der Waals surface area contributed by atoms with Crippen molar-refractivity contribution < 1.29 is 14.6 Å². The van der Waals surface area contributed by atoms with Crippen molar-refractivity contribution in [2.75, 3.05) is 0 Å². The van der Waals surface area contributed by atoms with Crippen molar-refractivity contribution in [3.63, 3.8) is 0 Å². The minimum absolute atomic E-state index is 0.399. The van der Waals surface area contributed by atoms with Crippen molar-refractivity contribution >= 4 is 23.4 Å². The highest BCUT2D eigenvalue weighted by atomic mass is 32.1. The predicted octanol–water partition coefficient (Wildman–Crippen LogP) is 2.52. The first-order valence-electron chi connectivity index (χ1n) is 5.54. The third kappa shape index (κ3) is 4.18. The maximum Gasteiger partial charge on any atom is 0.328 e. The van der Waals surface area contributed by atoms with Crippen LogP contribution in [-0.2, 0) is 11.4 Å². The van der Waals surface area contributed by atoms with Gasteiger partial charge < -0.3 is 9.84 Å². The molecule has 19 heavy (non-hydrogen) atoms. The lowest BCUT2D eigenvalue weighted by Gasteiger charge is -2.03. The summed E-state index contributed by atoms with van der Waals surface area (Å²) in [4.78, 5) is 18.7. The molecule has 0 spiro atoms. The molecule has 2 aromatic heterocycles. The van der Waals surface area contributed by atoms with Crippen LogP contribution in [0.25, 0.3) is 6.08 Å². The summed E-state index contributed by atoms with van der Waals surface area (Å²) in [6.07, 6.45) is 4.03. The highest BCUT2D eigenvalue weighted by Gasteiger charge is 2.00. The van der Waals surface area contributed by atoms with Gasteiger partial charge in [-0.15, -0.1) is 11.3 Å². The first-order valence-corrected chi connectivity index (χ1v) is 6.42. The average Bonchev–Trinajstić information content (AvgIpc) is 2.81. The Labute approximate surface area is 114 Å². The number of thiazole rings is 1. The number of ether oxygens (including phenoxy) is 1. The molecule has 0 amide bonds. The summed E-state index contributed by atoms with van der Waals surface area (Å²) in [6.45, 7) is 2.34. The molecule has 0 saturated heterocycles. The predicted molar refractivity (Wildman–Crippen MR) is 72.1 cm³/mol. The lowest BCUT2D eigenvalue weighted by molar-refractivity contribution is -0.131. The fourth-order valence-corrected chi connectivity index (χ4v) is 1.96. The number of carboxylic acid groups (broad SMARTS) is 1. The van der Waals surface area contributed by atoms with Gasteiger partial charge in [-0.25, -0.2) is 9.78 Å². The van der Waals surface area contributed by atoms with Gasteiger partial charge in [-0.3, -0.25) is 4.98 Å². The zero-order valence-electron chi connectivity index (χ0n) is 10.2. The Morgan fingerprint density at radius 1 is 1.53 bits per heavy atom. The molecule has 0 saturated carbocycles. The van der Waals surface area contributed by atoms with Gasteiger partial charge in [-0.2, -0.15) is 0 Å². The number of aliphatic carboxylic acids is 1. The highest BCUT2D eigenvalue weighted by Crippen LogP contribution is 2.14. The summed E-state index contributed by atoms with van der Waals surface area (Å²) >= 11 is 1.58. The van der Waals surface area contributed by atoms with Crippen LogP contribution in [-0.4, -0.2) is 21.0 Å². The van der Waals surface area contributed by atoms with Gasteiger partial charge in [-0.05, 0) is 25.1 Å². The quantitative estimate of drug-likeness (QED) is 0.849. The van der Waals surface area contributed by atoms with Crippen LogP contribution in [0.3, 0.4) is 0 Å². The van der Waals surface area contributed by atoms with Crippen LogP contribution < -0.4 is 4.74 Å². The Bertz CT molecular complexity index is 590. The van der Waals surface area contributed by atoms with Gasteiger partial charge in [0.05, 0.1) is 22.6 Å². The minimum atomic E-state index is -0.999. The van der Waals surface area contributed by atoms with Crippen LogP contribution in [0.2, 0.25) is 0 Å². The largest absolute Gasteiger partial charge is 0.486 e. The number of carbonyl (C=O) groups is 1. The molecule has 1 N–H and O–H groups in total. The number of hydrogen-bond donors (Lipinski definition) is 1. The second-order valence-corrected chi connectivity index (χ2v) is 4.80. The number of nitrogens with zero attached hydrogens (tertiary/aromatic N) is 2. The smallest absolute Gasteiger partial charge is 0.328 e. The number of aryl methyl sites for hydroxylation is 1. The van der Waals surface area contributed by atoms with E-state index < -0.39 is 5.97 Å². The first kappa shape index (κ1) is 13.2. The third-order valence-corrected chi connectivity index (χ3v) is 3.03. The van der Waals surface area contributed by atoms with Gasteiger partial charge in [-0.1, -0.05) is 0 Å². The van der Waals surface area contributed by atoms with E-state index in [1.807, 2.05) is 12.3 Å². The van der Waals surface area contributed by atoms with E-state index in [1.54, 1.807) is 29.7 Å². The lowest BCUT2D eigenvalue weighted by Crippen LogP contribution is -1.96. The fourth-order valence-electron chi connectivity index (χ4n) is 1.36. The Kier molecular flexibility index (Phi) is 4.25. The Balaban J connectivity index is 1.93. The molecule has 2 heterocycles. The summed E-state index contributed by atoms with van der Waals surface area (Å²) < 4.78 is 5.53. The average molecular weight is 276 g/mol. The van der Waals surface area contributed by atoms with Gasteiger partial charge in [0.15, 0.2) is 0 Å². The minimum Gasteiger partial charge on any atom is -0.486 e. The van der Waals surface area contributed by atoms with E-state index in [0.29, 0.717) is 18.1 Å². The summed E-state index contributed by atoms with van der Waals surface area (Å²) in [5.41, 5.74) is 1.46. The van der Waals surface area contributed by atoms with Crippen LogP contribution in [0.5, 0.6) is 5.75 Å². The molecule has 2 aromatic rings. The van der Waals surface area contributed by atoms with Crippen molar-refractivity contribution in [2.45, 2.75) is 13.5 Å². The highest BCUT2D eigenvalue weighted by molar-refractivity contribution is 7.09. The zero-order chi connectivity index (χ0) is 13.7. The normalized spacial score (nSPS) is 10.8. The van der Waals surface area contributed by atoms with Crippen molar-refractivity contribution in [3.05, 3.63) is 46.2 Å². The summed E-state index contributed by atoms with van der Waals surface area (Å²) in [5.74, 6) is -0.376. The molecule has 98 valence electrons. The van der Waals surface area contributed by atoms with E-state index in [-0.39, 0.29) is 0 Å². The second-order valence-electron chi connectivity index (χ2n) is 3.74. The topological polar surface area (TPSA) is 72.3 Å². The van der Waals surface area contributed by atoms with Crippen LogP contribution >= 0.6 is 11.3 Å². The van der Waals surface area contributed by atoms with E-state index in [9.17, 15) is 4.79 Å². The monoisotopic (exact) mass is 276 g/mol. The Hall–Kier alpha value is -2.21. The molecule has 0 aliphatic heterocycles. The van der Waals surface area contributed by atoms with Crippen molar-refractivity contribution in [3.8, 4) is 5.75 Å². The standard InChI is InChI=1S/C13H12N2O3S/c1-9-15-11(8-19-9)7-18-12-4-2-10(14-6-12)3-5-13(16)17/h2-6,8H,7H2,1H3,(H,16,17). The number of carboxylic acids is 1. The van der Waals surface area contributed by atoms with Gasteiger partial charge in [0, 0.05) is 11.5 Å². The molecule has 0 bridgehead atoms. The fraction of sp³-hybridized carbons (Fsp3) is 0.154. The lowest BCUT2D eigenvalue weighted by atomic mass is 10.3. The van der Waals surface area contributed by atoms with E-state index in [0.717, 1.165) is 16.8 Å². The molecule has 0 unspecified atom stereocenters. The van der Waals surface area contributed by atoms with E-state index >= 15 is 0 Å². The van der Waals surface area contributed by atoms with Crippen molar-refractivity contribution in [2.24, 2.45) is 0 Å². The van der Waals surface area contributed by atoms with E-state index in [2.05, 4.69) is 9.97 Å². The molecule has 6 heteroatoms. The number of pyridine rings is 1.